The third-order valence-electron chi connectivity index (χ3n) is 3.13. The number of nitrogens with two attached hydrogens (primary N) is 1. The van der Waals surface area contributed by atoms with Gasteiger partial charge in [-0.1, -0.05) is 44.2 Å². The first-order valence-corrected chi connectivity index (χ1v) is 7.00. The van der Waals surface area contributed by atoms with Crippen LogP contribution in [-0.2, 0) is 4.79 Å². The van der Waals surface area contributed by atoms with Crippen LogP contribution in [-0.4, -0.2) is 30.4 Å². The van der Waals surface area contributed by atoms with Crippen molar-refractivity contribution in [1.82, 2.24) is 4.90 Å². The Morgan fingerprint density at radius 1 is 1.35 bits per heavy atom. The minimum absolute atomic E-state index is 0.0163. The predicted octanol–water partition coefficient (Wildman–Crippen LogP) is 2.13. The molecule has 1 aromatic carbocycles. The van der Waals surface area contributed by atoms with E-state index in [0.717, 1.165) is 5.56 Å². The highest BCUT2D eigenvalue weighted by Crippen LogP contribution is 2.18. The van der Waals surface area contributed by atoms with Crippen LogP contribution in [0.3, 0.4) is 0 Å². The minimum atomic E-state index is -0.325. The van der Waals surface area contributed by atoms with E-state index in [1.54, 1.807) is 4.90 Å². The maximum atomic E-state index is 12.7. The molecule has 0 radical (unpaired) electrons. The number of nitriles is 1. The molecule has 0 heterocycles. The predicted molar refractivity (Wildman–Crippen MR) is 79.9 cm³/mol. The summed E-state index contributed by atoms with van der Waals surface area (Å²) in [6, 6.07) is 11.7. The highest BCUT2D eigenvalue weighted by molar-refractivity contribution is 5.84. The zero-order valence-electron chi connectivity index (χ0n) is 12.2. The molecule has 1 rings (SSSR count). The Morgan fingerprint density at radius 2 is 2.00 bits per heavy atom. The molecule has 0 spiro atoms. The molecule has 0 aliphatic heterocycles. The Kier molecular flexibility index (Phi) is 6.75. The average molecular weight is 273 g/mol. The van der Waals surface area contributed by atoms with Gasteiger partial charge in [-0.3, -0.25) is 4.79 Å². The molecule has 4 heteroatoms. The molecule has 1 amide bonds. The lowest BCUT2D eigenvalue weighted by atomic mass is 9.97. The number of nitrogens with zero attached hydrogens (tertiary/aromatic N) is 2. The molecule has 2 N–H and O–H groups in total. The number of carbonyl (C=O) groups is 1. The van der Waals surface area contributed by atoms with Crippen molar-refractivity contribution in [1.29, 1.82) is 5.26 Å². The maximum absolute atomic E-state index is 12.7. The van der Waals surface area contributed by atoms with Crippen molar-refractivity contribution in [2.75, 3.05) is 19.6 Å². The second-order valence-electron chi connectivity index (χ2n) is 5.29. The molecule has 0 saturated carbocycles. The molecule has 0 bridgehead atoms. The standard InChI is InChI=1S/C16H23N3O/c1-13(2)12-19(10-6-9-17)16(20)15(11-18)14-7-4-3-5-8-14/h3-5,7-8,13,15H,6,10-12,18H2,1-2H3. The van der Waals surface area contributed by atoms with Crippen LogP contribution in [0.5, 0.6) is 0 Å². The Labute approximate surface area is 121 Å². The second-order valence-corrected chi connectivity index (χ2v) is 5.29. The largest absolute Gasteiger partial charge is 0.341 e. The topological polar surface area (TPSA) is 70.1 Å². The molecular formula is C16H23N3O. The van der Waals surface area contributed by atoms with E-state index in [1.807, 2.05) is 30.3 Å². The molecule has 0 aromatic heterocycles. The number of hydrogen-bond acceptors (Lipinski definition) is 3. The number of amides is 1. The van der Waals surface area contributed by atoms with Crippen LogP contribution in [0.4, 0.5) is 0 Å². The van der Waals surface area contributed by atoms with E-state index in [0.29, 0.717) is 25.4 Å². The number of benzene rings is 1. The maximum Gasteiger partial charge on any atom is 0.231 e. The highest BCUT2D eigenvalue weighted by Gasteiger charge is 2.24. The van der Waals surface area contributed by atoms with Crippen molar-refractivity contribution in [3.8, 4) is 6.07 Å². The van der Waals surface area contributed by atoms with Gasteiger partial charge in [0.2, 0.25) is 5.91 Å². The fraction of sp³-hybridized carbons (Fsp3) is 0.500. The summed E-state index contributed by atoms with van der Waals surface area (Å²) in [5.74, 6) is 0.0585. The SMILES string of the molecule is CC(C)CN(CCC#N)C(=O)C(CN)c1ccccc1. The van der Waals surface area contributed by atoms with Crippen LogP contribution >= 0.6 is 0 Å². The van der Waals surface area contributed by atoms with E-state index in [2.05, 4.69) is 19.9 Å². The monoisotopic (exact) mass is 273 g/mol. The lowest BCUT2D eigenvalue weighted by Gasteiger charge is -2.28. The molecule has 1 atom stereocenters. The second kappa shape index (κ2) is 8.34. The van der Waals surface area contributed by atoms with Crippen LogP contribution in [0, 0.1) is 17.2 Å². The van der Waals surface area contributed by atoms with Crippen molar-refractivity contribution >= 4 is 5.91 Å². The molecule has 4 nitrogen and oxygen atoms in total. The third-order valence-corrected chi connectivity index (χ3v) is 3.13. The first-order valence-electron chi connectivity index (χ1n) is 7.00. The summed E-state index contributed by atoms with van der Waals surface area (Å²) in [5, 5.41) is 8.73. The molecule has 1 unspecified atom stereocenters. The average Bonchev–Trinajstić information content (AvgIpc) is 2.45. The summed E-state index contributed by atoms with van der Waals surface area (Å²) >= 11 is 0. The van der Waals surface area contributed by atoms with E-state index in [4.69, 9.17) is 11.0 Å². The van der Waals surface area contributed by atoms with Crippen LogP contribution < -0.4 is 5.73 Å². The van der Waals surface area contributed by atoms with Crippen LogP contribution in [0.2, 0.25) is 0 Å². The number of rotatable bonds is 7. The van der Waals surface area contributed by atoms with E-state index in [9.17, 15) is 4.79 Å². The smallest absolute Gasteiger partial charge is 0.231 e. The van der Waals surface area contributed by atoms with Crippen LogP contribution in [0.1, 0.15) is 31.7 Å². The quantitative estimate of drug-likeness (QED) is 0.827. The van der Waals surface area contributed by atoms with Crippen LogP contribution in [0.15, 0.2) is 30.3 Å². The summed E-state index contributed by atoms with van der Waals surface area (Å²) < 4.78 is 0. The Hall–Kier alpha value is -1.86. The van der Waals surface area contributed by atoms with Gasteiger partial charge in [0, 0.05) is 19.6 Å². The number of hydrogen-bond donors (Lipinski definition) is 1. The summed E-state index contributed by atoms with van der Waals surface area (Å²) in [5.41, 5.74) is 6.73. The normalized spacial score (nSPS) is 11.9. The highest BCUT2D eigenvalue weighted by atomic mass is 16.2. The zero-order valence-corrected chi connectivity index (χ0v) is 12.2. The zero-order chi connectivity index (χ0) is 15.0. The van der Waals surface area contributed by atoms with Gasteiger partial charge in [0.1, 0.15) is 0 Å². The van der Waals surface area contributed by atoms with Gasteiger partial charge in [-0.05, 0) is 11.5 Å². The summed E-state index contributed by atoms with van der Waals surface area (Å²) in [6.45, 7) is 5.53. The Morgan fingerprint density at radius 3 is 2.50 bits per heavy atom. The van der Waals surface area contributed by atoms with Gasteiger partial charge in [0.15, 0.2) is 0 Å². The van der Waals surface area contributed by atoms with Crippen molar-refractivity contribution in [2.24, 2.45) is 11.7 Å². The van der Waals surface area contributed by atoms with Gasteiger partial charge in [-0.2, -0.15) is 5.26 Å². The lowest BCUT2D eigenvalue weighted by molar-refractivity contribution is -0.133. The van der Waals surface area contributed by atoms with Crippen LogP contribution in [0.25, 0.3) is 0 Å². The van der Waals surface area contributed by atoms with Gasteiger partial charge >= 0.3 is 0 Å². The molecule has 108 valence electrons. The first kappa shape index (κ1) is 16.2. The minimum Gasteiger partial charge on any atom is -0.341 e. The van der Waals surface area contributed by atoms with E-state index in [-0.39, 0.29) is 18.4 Å². The van der Waals surface area contributed by atoms with E-state index < -0.39 is 0 Å². The van der Waals surface area contributed by atoms with E-state index >= 15 is 0 Å². The molecule has 20 heavy (non-hydrogen) atoms. The third kappa shape index (κ3) is 4.67. The first-order chi connectivity index (χ1) is 9.60. The molecule has 1 aromatic rings. The molecule has 0 fully saturated rings. The van der Waals surface area contributed by atoms with Gasteiger partial charge in [-0.15, -0.1) is 0 Å². The fourth-order valence-corrected chi connectivity index (χ4v) is 2.20. The van der Waals surface area contributed by atoms with Gasteiger partial charge < -0.3 is 10.6 Å². The van der Waals surface area contributed by atoms with Gasteiger partial charge in [0.25, 0.3) is 0 Å². The fourth-order valence-electron chi connectivity index (χ4n) is 2.20. The molecule has 0 saturated heterocycles. The van der Waals surface area contributed by atoms with Gasteiger partial charge in [0.05, 0.1) is 18.4 Å². The summed E-state index contributed by atoms with van der Waals surface area (Å²) in [7, 11) is 0. The molecule has 0 aliphatic carbocycles. The molecular weight excluding hydrogens is 250 g/mol. The summed E-state index contributed by atoms with van der Waals surface area (Å²) in [4.78, 5) is 14.4. The molecule has 0 aliphatic rings. The van der Waals surface area contributed by atoms with E-state index in [1.165, 1.54) is 0 Å². The van der Waals surface area contributed by atoms with Crippen molar-refractivity contribution in [3.05, 3.63) is 35.9 Å². The van der Waals surface area contributed by atoms with Crippen molar-refractivity contribution < 1.29 is 4.79 Å². The van der Waals surface area contributed by atoms with Crippen molar-refractivity contribution in [3.63, 3.8) is 0 Å². The Balaban J connectivity index is 2.88. The number of carbonyl (C=O) groups excluding carboxylic acids is 1. The van der Waals surface area contributed by atoms with Crippen molar-refractivity contribution in [2.45, 2.75) is 26.2 Å². The Bertz CT molecular complexity index is 451. The van der Waals surface area contributed by atoms with Gasteiger partial charge in [-0.25, -0.2) is 0 Å². The lowest BCUT2D eigenvalue weighted by Crippen LogP contribution is -2.40. The summed E-state index contributed by atoms with van der Waals surface area (Å²) in [6.07, 6.45) is 0.352.